The van der Waals surface area contributed by atoms with Crippen LogP contribution in [0, 0.1) is 12.2 Å². The summed E-state index contributed by atoms with van der Waals surface area (Å²) in [6, 6.07) is 0. The maximum absolute atomic E-state index is 5.87. The summed E-state index contributed by atoms with van der Waals surface area (Å²) < 4.78 is 0. The van der Waals surface area contributed by atoms with Crippen LogP contribution in [0.4, 0.5) is 0 Å². The third-order valence-electron chi connectivity index (χ3n) is 2.82. The summed E-state index contributed by atoms with van der Waals surface area (Å²) in [7, 11) is -1.35. The number of halogens is 4. The summed E-state index contributed by atoms with van der Waals surface area (Å²) in [6.07, 6.45) is 12.4. The standard InChI is InChI=1S/2C7H10ClSi.2ClH.Zr/c2*1-9(2)7-5-3-4-6(7)8;;;/h2*4,9H,3H2,1-2H3;2*1H;/q2*-1;;;+4/p-2. The number of rotatable bonds is 2. The van der Waals surface area contributed by atoms with Crippen molar-refractivity contribution in [2.24, 2.45) is 0 Å². The van der Waals surface area contributed by atoms with Gasteiger partial charge in [-0.15, -0.1) is 22.9 Å². The zero-order valence-electron chi connectivity index (χ0n) is 12.7. The maximum atomic E-state index is 5.87. The van der Waals surface area contributed by atoms with Crippen LogP contribution in [-0.4, -0.2) is 17.6 Å². The van der Waals surface area contributed by atoms with Gasteiger partial charge < -0.3 is 24.8 Å². The van der Waals surface area contributed by atoms with Crippen molar-refractivity contribution >= 4 is 40.8 Å². The van der Waals surface area contributed by atoms with Gasteiger partial charge in [0.25, 0.3) is 0 Å². The van der Waals surface area contributed by atoms with Gasteiger partial charge in [0.2, 0.25) is 0 Å². The van der Waals surface area contributed by atoms with Gasteiger partial charge in [-0.2, -0.15) is 12.2 Å². The predicted octanol–water partition coefficient (Wildman–Crippen LogP) is -1.46. The predicted molar refractivity (Wildman–Crippen MR) is 88.4 cm³/mol. The van der Waals surface area contributed by atoms with E-state index in [9.17, 15) is 0 Å². The molecule has 2 aliphatic rings. The van der Waals surface area contributed by atoms with Crippen molar-refractivity contribution in [3.05, 3.63) is 44.8 Å². The van der Waals surface area contributed by atoms with Gasteiger partial charge in [-0.05, 0) is 0 Å². The minimum absolute atomic E-state index is 0. The summed E-state index contributed by atoms with van der Waals surface area (Å²) in [5.41, 5.74) is 0. The summed E-state index contributed by atoms with van der Waals surface area (Å²) in [5, 5.41) is 4.54. The molecule has 0 heterocycles. The molecule has 21 heavy (non-hydrogen) atoms. The van der Waals surface area contributed by atoms with Gasteiger partial charge in [0.1, 0.15) is 0 Å². The molecule has 0 N–H and O–H groups in total. The first-order chi connectivity index (χ1) is 8.43. The molecule has 2 aliphatic carbocycles. The molecule has 0 radical (unpaired) electrons. The minimum Gasteiger partial charge on any atom is -1.00 e. The Morgan fingerprint density at radius 3 is 1.19 bits per heavy atom. The van der Waals surface area contributed by atoms with Crippen LogP contribution in [0.5, 0.6) is 0 Å². The van der Waals surface area contributed by atoms with Crippen LogP contribution < -0.4 is 24.8 Å². The number of hydrogen-bond donors (Lipinski definition) is 0. The fraction of sp³-hybridized carbons (Fsp3) is 0.429. The van der Waals surface area contributed by atoms with E-state index in [4.69, 9.17) is 23.2 Å². The Morgan fingerprint density at radius 2 is 1.10 bits per heavy atom. The van der Waals surface area contributed by atoms with Crippen LogP contribution >= 0.6 is 23.2 Å². The van der Waals surface area contributed by atoms with Crippen LogP contribution in [0.2, 0.25) is 26.2 Å². The molecule has 0 aromatic rings. The molecule has 0 spiro atoms. The molecule has 2 rings (SSSR count). The molecule has 116 valence electrons. The first-order valence-corrected chi connectivity index (χ1v) is 12.9. The molecule has 0 aromatic heterocycles. The molecule has 0 bridgehead atoms. The van der Waals surface area contributed by atoms with Crippen molar-refractivity contribution in [1.29, 1.82) is 0 Å². The van der Waals surface area contributed by atoms with Crippen LogP contribution in [-0.2, 0) is 26.2 Å². The van der Waals surface area contributed by atoms with Gasteiger partial charge in [-0.25, -0.2) is 33.6 Å². The monoisotopic (exact) mass is 474 g/mol. The smallest absolute Gasteiger partial charge is 1.00 e. The molecule has 0 unspecified atom stereocenters. The SMILES string of the molecule is C[SiH](C)C1=[C-]CC=C1Cl.C[SiH](C)C1=[C-]CC=C1Cl.[Cl-].[Cl-].[Zr+4]. The second-order valence-electron chi connectivity index (χ2n) is 5.00. The largest absolute Gasteiger partial charge is 4.00 e. The molecule has 0 aliphatic heterocycles. The molecule has 0 saturated heterocycles. The zero-order valence-corrected chi connectivity index (χ0v) is 20.5. The van der Waals surface area contributed by atoms with E-state index in [2.05, 4.69) is 38.3 Å². The fourth-order valence-corrected chi connectivity index (χ4v) is 5.84. The van der Waals surface area contributed by atoms with E-state index in [0.717, 1.165) is 22.9 Å². The summed E-state index contributed by atoms with van der Waals surface area (Å²) in [4.78, 5) is 0. The molecule has 0 fully saturated rings. The van der Waals surface area contributed by atoms with E-state index in [0.29, 0.717) is 0 Å². The first kappa shape index (κ1) is 27.3. The molecule has 0 nitrogen and oxygen atoms in total. The average Bonchev–Trinajstić information content (AvgIpc) is 2.87. The number of allylic oxidation sites excluding steroid dienone is 8. The molecule has 0 aromatic carbocycles. The summed E-state index contributed by atoms with van der Waals surface area (Å²) in [6.45, 7) is 9.07. The van der Waals surface area contributed by atoms with Crippen molar-refractivity contribution in [2.75, 3.05) is 0 Å². The third kappa shape index (κ3) is 9.35. The van der Waals surface area contributed by atoms with E-state index < -0.39 is 17.6 Å². The van der Waals surface area contributed by atoms with Gasteiger partial charge in [-0.3, -0.25) is 12.2 Å². The average molecular weight is 478 g/mol. The molecular weight excluding hydrogens is 457 g/mol. The van der Waals surface area contributed by atoms with E-state index in [-0.39, 0.29) is 51.0 Å². The molecular formula is C14H20Cl4Si2Zr. The van der Waals surface area contributed by atoms with Crippen molar-refractivity contribution < 1.29 is 51.0 Å². The topological polar surface area (TPSA) is 0 Å². The second kappa shape index (κ2) is 13.8. The van der Waals surface area contributed by atoms with E-state index >= 15 is 0 Å². The quantitative estimate of drug-likeness (QED) is 0.337. The van der Waals surface area contributed by atoms with Crippen molar-refractivity contribution in [1.82, 2.24) is 0 Å². The first-order valence-electron chi connectivity index (χ1n) is 6.37. The zero-order chi connectivity index (χ0) is 13.7. The molecule has 7 heteroatoms. The van der Waals surface area contributed by atoms with Gasteiger partial charge in [0.05, 0.1) is 0 Å². The minimum atomic E-state index is -0.676. The Bertz CT molecular complexity index is 387. The Kier molecular flexibility index (Phi) is 18.0. The van der Waals surface area contributed by atoms with Crippen LogP contribution in [0.1, 0.15) is 12.8 Å². The van der Waals surface area contributed by atoms with Gasteiger partial charge in [0.15, 0.2) is 0 Å². The van der Waals surface area contributed by atoms with Crippen LogP contribution in [0.3, 0.4) is 0 Å². The van der Waals surface area contributed by atoms with Crippen LogP contribution in [0.15, 0.2) is 32.6 Å². The van der Waals surface area contributed by atoms with Gasteiger partial charge >= 0.3 is 26.2 Å². The Morgan fingerprint density at radius 1 is 0.810 bits per heavy atom. The second-order valence-corrected chi connectivity index (χ2v) is 11.6. The Balaban J connectivity index is -0.000000270. The van der Waals surface area contributed by atoms with Crippen molar-refractivity contribution in [3.63, 3.8) is 0 Å². The van der Waals surface area contributed by atoms with E-state index in [1.165, 1.54) is 10.4 Å². The normalized spacial score (nSPS) is 15.6. The van der Waals surface area contributed by atoms with E-state index in [1.54, 1.807) is 0 Å². The Hall–Kier alpha value is 1.44. The van der Waals surface area contributed by atoms with Gasteiger partial charge in [0, 0.05) is 17.6 Å². The maximum Gasteiger partial charge on any atom is 4.00 e. The Labute approximate surface area is 174 Å². The summed E-state index contributed by atoms with van der Waals surface area (Å²) in [5.74, 6) is 0. The fourth-order valence-electron chi connectivity index (χ4n) is 1.85. The van der Waals surface area contributed by atoms with Crippen molar-refractivity contribution in [3.8, 4) is 0 Å². The van der Waals surface area contributed by atoms with Crippen LogP contribution in [0.25, 0.3) is 0 Å². The van der Waals surface area contributed by atoms with Crippen molar-refractivity contribution in [2.45, 2.75) is 39.0 Å². The molecule has 0 amide bonds. The summed E-state index contributed by atoms with van der Waals surface area (Å²) >= 11 is 11.7. The molecule has 0 saturated carbocycles. The van der Waals surface area contributed by atoms with E-state index in [1.807, 2.05) is 12.2 Å². The third-order valence-corrected chi connectivity index (χ3v) is 7.24. The molecule has 0 atom stereocenters. The number of hydrogen-bond acceptors (Lipinski definition) is 0. The van der Waals surface area contributed by atoms with Gasteiger partial charge in [-0.1, -0.05) is 26.2 Å².